The number of aryl methyl sites for hydroxylation is 2. The highest BCUT2D eigenvalue weighted by molar-refractivity contribution is 7.10. The zero-order valence-corrected chi connectivity index (χ0v) is 13.2. The smallest absolute Gasteiger partial charge is 0.0644 e. The fourth-order valence-corrected chi connectivity index (χ4v) is 3.47. The van der Waals surface area contributed by atoms with E-state index >= 15 is 0 Å². The molecule has 0 amide bonds. The number of hydrogen-bond donors (Lipinski definition) is 1. The molecule has 2 aromatic heterocycles. The molecule has 0 aliphatic heterocycles. The molecule has 0 spiro atoms. The third-order valence-corrected chi connectivity index (χ3v) is 4.69. The molecule has 0 fully saturated rings. The van der Waals surface area contributed by atoms with Crippen molar-refractivity contribution in [2.24, 2.45) is 0 Å². The van der Waals surface area contributed by atoms with E-state index in [2.05, 4.69) is 67.2 Å². The lowest BCUT2D eigenvalue weighted by molar-refractivity contribution is 0.496. The van der Waals surface area contributed by atoms with Gasteiger partial charge in [0.2, 0.25) is 0 Å². The second-order valence-corrected chi connectivity index (χ2v) is 6.00. The molecule has 0 saturated carbocycles. The topological polar surface area (TPSA) is 29.9 Å². The molecule has 2 atom stereocenters. The third-order valence-electron chi connectivity index (χ3n) is 3.64. The molecule has 0 saturated heterocycles. The number of thiophene rings is 1. The fourth-order valence-electron chi connectivity index (χ4n) is 2.72. The Morgan fingerprint density at radius 2 is 2.05 bits per heavy atom. The van der Waals surface area contributed by atoms with Gasteiger partial charge in [0.25, 0.3) is 0 Å². The van der Waals surface area contributed by atoms with E-state index in [1.165, 1.54) is 16.1 Å². The Morgan fingerprint density at radius 1 is 1.32 bits per heavy atom. The molecule has 0 radical (unpaired) electrons. The van der Waals surface area contributed by atoms with Gasteiger partial charge in [0.05, 0.1) is 5.69 Å². The quantitative estimate of drug-likeness (QED) is 0.895. The van der Waals surface area contributed by atoms with E-state index in [0.29, 0.717) is 12.1 Å². The molecule has 104 valence electrons. The van der Waals surface area contributed by atoms with Gasteiger partial charge in [0.15, 0.2) is 0 Å². The van der Waals surface area contributed by atoms with Crippen molar-refractivity contribution in [2.75, 3.05) is 0 Å². The second-order valence-electron chi connectivity index (χ2n) is 5.03. The highest BCUT2D eigenvalue weighted by atomic mass is 32.1. The highest BCUT2D eigenvalue weighted by Gasteiger charge is 2.19. The molecule has 0 aliphatic carbocycles. The summed E-state index contributed by atoms with van der Waals surface area (Å²) in [5.41, 5.74) is 3.75. The summed E-state index contributed by atoms with van der Waals surface area (Å²) in [6.07, 6.45) is 0. The molecular formula is C15H23N3S. The summed E-state index contributed by atoms with van der Waals surface area (Å²) in [6, 6.07) is 4.98. The van der Waals surface area contributed by atoms with Crippen LogP contribution in [0.25, 0.3) is 0 Å². The zero-order chi connectivity index (χ0) is 14.0. The van der Waals surface area contributed by atoms with Crippen molar-refractivity contribution in [3.05, 3.63) is 39.3 Å². The lowest BCUT2D eigenvalue weighted by Crippen LogP contribution is -2.22. The number of nitrogens with one attached hydrogen (secondary N) is 1. The molecule has 19 heavy (non-hydrogen) atoms. The Labute approximate surface area is 119 Å². The summed E-state index contributed by atoms with van der Waals surface area (Å²) in [6.45, 7) is 11.8. The summed E-state index contributed by atoms with van der Waals surface area (Å²) in [7, 11) is 0. The van der Waals surface area contributed by atoms with E-state index in [0.717, 1.165) is 12.2 Å². The fraction of sp³-hybridized carbons (Fsp3) is 0.533. The lowest BCUT2D eigenvalue weighted by atomic mass is 10.1. The van der Waals surface area contributed by atoms with Crippen LogP contribution in [0.3, 0.4) is 0 Å². The Balaban J connectivity index is 2.16. The first kappa shape index (κ1) is 14.3. The minimum absolute atomic E-state index is 0.317. The molecule has 0 bridgehead atoms. The monoisotopic (exact) mass is 277 g/mol. The molecule has 3 nitrogen and oxygen atoms in total. The summed E-state index contributed by atoms with van der Waals surface area (Å²) >= 11 is 1.80. The molecule has 0 aliphatic rings. The normalized spacial score (nSPS) is 14.6. The summed E-state index contributed by atoms with van der Waals surface area (Å²) in [5, 5.41) is 10.4. The Hall–Kier alpha value is -1.13. The number of aromatic nitrogens is 2. The summed E-state index contributed by atoms with van der Waals surface area (Å²) in [4.78, 5) is 1.38. The van der Waals surface area contributed by atoms with Gasteiger partial charge in [0, 0.05) is 34.8 Å². The van der Waals surface area contributed by atoms with Gasteiger partial charge < -0.3 is 5.32 Å². The SMILES string of the molecule is CCn1nc(C)c(C(C)N[C@@H](C)c2cccs2)c1C. The van der Waals surface area contributed by atoms with Gasteiger partial charge in [-0.2, -0.15) is 5.10 Å². The van der Waals surface area contributed by atoms with Crippen molar-refractivity contribution in [3.63, 3.8) is 0 Å². The van der Waals surface area contributed by atoms with Crippen molar-refractivity contribution < 1.29 is 0 Å². The van der Waals surface area contributed by atoms with Gasteiger partial charge in [-0.15, -0.1) is 11.3 Å². The highest BCUT2D eigenvalue weighted by Crippen LogP contribution is 2.26. The number of rotatable bonds is 5. The maximum absolute atomic E-state index is 4.60. The predicted octanol–water partition coefficient (Wildman–Crippen LogP) is 3.99. The van der Waals surface area contributed by atoms with Crippen molar-refractivity contribution in [3.8, 4) is 0 Å². The van der Waals surface area contributed by atoms with E-state index in [9.17, 15) is 0 Å². The average Bonchev–Trinajstić information content (AvgIpc) is 2.97. The minimum Gasteiger partial charge on any atom is -0.303 e. The van der Waals surface area contributed by atoms with Gasteiger partial charge in [-0.05, 0) is 46.1 Å². The summed E-state index contributed by atoms with van der Waals surface area (Å²) < 4.78 is 2.08. The Bertz CT molecular complexity index is 528. The van der Waals surface area contributed by atoms with Crippen LogP contribution in [0.15, 0.2) is 17.5 Å². The van der Waals surface area contributed by atoms with Crippen LogP contribution < -0.4 is 5.32 Å². The van der Waals surface area contributed by atoms with E-state index in [1.807, 2.05) is 0 Å². The molecule has 1 N–H and O–H groups in total. The number of nitrogens with zero attached hydrogens (tertiary/aromatic N) is 2. The van der Waals surface area contributed by atoms with Crippen LogP contribution in [0.1, 0.15) is 54.7 Å². The van der Waals surface area contributed by atoms with Crippen molar-refractivity contribution in [1.82, 2.24) is 15.1 Å². The molecule has 2 aromatic rings. The van der Waals surface area contributed by atoms with Gasteiger partial charge in [-0.1, -0.05) is 6.07 Å². The summed E-state index contributed by atoms with van der Waals surface area (Å²) in [5.74, 6) is 0. The standard InChI is InChI=1S/C15H23N3S/c1-6-18-13(5)15(12(4)17-18)11(3)16-10(2)14-8-7-9-19-14/h7-11,16H,6H2,1-5H3/t10-,11?/m0/s1. The lowest BCUT2D eigenvalue weighted by Gasteiger charge is -2.20. The van der Waals surface area contributed by atoms with Crippen molar-refractivity contribution in [2.45, 2.75) is 53.2 Å². The van der Waals surface area contributed by atoms with Gasteiger partial charge in [-0.25, -0.2) is 0 Å². The molecule has 1 unspecified atom stereocenters. The maximum atomic E-state index is 4.60. The Morgan fingerprint density at radius 3 is 2.58 bits per heavy atom. The third kappa shape index (κ3) is 2.90. The van der Waals surface area contributed by atoms with Gasteiger partial charge >= 0.3 is 0 Å². The van der Waals surface area contributed by atoms with Crippen LogP contribution in [-0.2, 0) is 6.54 Å². The predicted molar refractivity (Wildman–Crippen MR) is 81.7 cm³/mol. The Kier molecular flexibility index (Phi) is 4.42. The number of hydrogen-bond acceptors (Lipinski definition) is 3. The molecule has 2 heterocycles. The first-order valence-corrected chi connectivity index (χ1v) is 7.75. The van der Waals surface area contributed by atoms with E-state index in [-0.39, 0.29) is 0 Å². The van der Waals surface area contributed by atoms with Crippen LogP contribution in [-0.4, -0.2) is 9.78 Å². The molecular weight excluding hydrogens is 254 g/mol. The first-order chi connectivity index (χ1) is 9.04. The van der Waals surface area contributed by atoms with Crippen LogP contribution in [0.5, 0.6) is 0 Å². The van der Waals surface area contributed by atoms with E-state index in [1.54, 1.807) is 11.3 Å². The zero-order valence-electron chi connectivity index (χ0n) is 12.4. The molecule has 0 aromatic carbocycles. The average molecular weight is 277 g/mol. The van der Waals surface area contributed by atoms with Crippen molar-refractivity contribution >= 4 is 11.3 Å². The van der Waals surface area contributed by atoms with Gasteiger partial charge in [0.1, 0.15) is 0 Å². The van der Waals surface area contributed by atoms with E-state index in [4.69, 9.17) is 0 Å². The molecule has 4 heteroatoms. The van der Waals surface area contributed by atoms with Crippen LogP contribution >= 0.6 is 11.3 Å². The first-order valence-electron chi connectivity index (χ1n) is 6.88. The van der Waals surface area contributed by atoms with E-state index < -0.39 is 0 Å². The van der Waals surface area contributed by atoms with Gasteiger partial charge in [-0.3, -0.25) is 4.68 Å². The maximum Gasteiger partial charge on any atom is 0.0644 e. The van der Waals surface area contributed by atoms with Crippen LogP contribution in [0, 0.1) is 13.8 Å². The van der Waals surface area contributed by atoms with Crippen molar-refractivity contribution in [1.29, 1.82) is 0 Å². The minimum atomic E-state index is 0.317. The van der Waals surface area contributed by atoms with Crippen LogP contribution in [0.2, 0.25) is 0 Å². The largest absolute Gasteiger partial charge is 0.303 e. The second kappa shape index (κ2) is 5.88. The molecule has 2 rings (SSSR count). The van der Waals surface area contributed by atoms with Crippen LogP contribution in [0.4, 0.5) is 0 Å².